The molecular weight excluding hydrogens is 356 g/mol. The van der Waals surface area contributed by atoms with Crippen LogP contribution in [0.2, 0.25) is 0 Å². The van der Waals surface area contributed by atoms with Crippen LogP contribution >= 0.6 is 0 Å². The van der Waals surface area contributed by atoms with Crippen molar-refractivity contribution < 1.29 is 13.6 Å². The van der Waals surface area contributed by atoms with Crippen LogP contribution in [-0.4, -0.2) is 69.4 Å². The summed E-state index contributed by atoms with van der Waals surface area (Å²) in [6.45, 7) is 7.90. The first-order chi connectivity index (χ1) is 12.7. The zero-order valence-electron chi connectivity index (χ0n) is 15.8. The molecular formula is C17H25F2N7O. The maximum absolute atomic E-state index is 13.7. The minimum atomic E-state index is -3.12. The SMILES string of the molecule is CC(C)NC(=O)CN1CCCN(c2ccc3nnc(C(C)(F)F)n3n2)CC1. The van der Waals surface area contributed by atoms with Crippen LogP contribution in [0.3, 0.4) is 0 Å². The van der Waals surface area contributed by atoms with Crippen LogP contribution in [-0.2, 0) is 10.7 Å². The number of hydrogen-bond acceptors (Lipinski definition) is 6. The molecule has 2 aromatic rings. The van der Waals surface area contributed by atoms with Gasteiger partial charge in [-0.05, 0) is 32.4 Å². The maximum atomic E-state index is 13.7. The number of alkyl halides is 2. The first kappa shape index (κ1) is 19.4. The number of hydrogen-bond donors (Lipinski definition) is 1. The lowest BCUT2D eigenvalue weighted by Crippen LogP contribution is -2.41. The van der Waals surface area contributed by atoms with E-state index in [1.165, 1.54) is 0 Å². The molecule has 2 aromatic heterocycles. The van der Waals surface area contributed by atoms with Gasteiger partial charge in [-0.3, -0.25) is 9.69 Å². The fraction of sp³-hybridized carbons (Fsp3) is 0.647. The summed E-state index contributed by atoms with van der Waals surface area (Å²) in [4.78, 5) is 16.1. The van der Waals surface area contributed by atoms with Crippen LogP contribution in [0.1, 0.15) is 33.0 Å². The van der Waals surface area contributed by atoms with Crippen molar-refractivity contribution in [2.24, 2.45) is 0 Å². The van der Waals surface area contributed by atoms with E-state index in [1.807, 2.05) is 18.7 Å². The molecule has 148 valence electrons. The number of carbonyl (C=O) groups is 1. The summed E-state index contributed by atoms with van der Waals surface area (Å²) in [5.41, 5.74) is 0.289. The summed E-state index contributed by atoms with van der Waals surface area (Å²) in [7, 11) is 0. The summed E-state index contributed by atoms with van der Waals surface area (Å²) >= 11 is 0. The Hall–Kier alpha value is -2.36. The van der Waals surface area contributed by atoms with E-state index >= 15 is 0 Å². The number of nitrogens with zero attached hydrogens (tertiary/aromatic N) is 6. The Labute approximate surface area is 156 Å². The fourth-order valence-corrected chi connectivity index (χ4v) is 3.15. The molecule has 0 aliphatic carbocycles. The van der Waals surface area contributed by atoms with Crippen molar-refractivity contribution in [2.75, 3.05) is 37.6 Å². The van der Waals surface area contributed by atoms with Gasteiger partial charge in [0, 0.05) is 39.1 Å². The second kappa shape index (κ2) is 7.71. The minimum absolute atomic E-state index is 0.0114. The molecule has 0 spiro atoms. The molecule has 1 fully saturated rings. The number of aromatic nitrogens is 4. The molecule has 1 aliphatic heterocycles. The van der Waals surface area contributed by atoms with Crippen molar-refractivity contribution in [2.45, 2.75) is 39.2 Å². The molecule has 0 bridgehead atoms. The monoisotopic (exact) mass is 381 g/mol. The molecule has 0 radical (unpaired) electrons. The van der Waals surface area contributed by atoms with Crippen LogP contribution in [0.4, 0.5) is 14.6 Å². The van der Waals surface area contributed by atoms with Crippen molar-refractivity contribution in [3.05, 3.63) is 18.0 Å². The molecule has 0 atom stereocenters. The van der Waals surface area contributed by atoms with Gasteiger partial charge < -0.3 is 10.2 Å². The molecule has 3 heterocycles. The van der Waals surface area contributed by atoms with E-state index in [0.29, 0.717) is 25.5 Å². The van der Waals surface area contributed by atoms with Gasteiger partial charge in [0.15, 0.2) is 5.65 Å². The minimum Gasteiger partial charge on any atom is -0.354 e. The standard InChI is InChI=1S/C17H25F2N7O/c1-12(2)20-15(27)11-24-7-4-8-25(10-9-24)14-6-5-13-21-22-16(17(3,18)19)26(13)23-14/h5-6,12H,4,7-11H2,1-3H3,(H,20,27). The summed E-state index contributed by atoms with van der Waals surface area (Å²) in [6, 6.07) is 3.53. The van der Waals surface area contributed by atoms with E-state index in [-0.39, 0.29) is 17.6 Å². The van der Waals surface area contributed by atoms with Crippen molar-refractivity contribution in [1.82, 2.24) is 30.0 Å². The van der Waals surface area contributed by atoms with E-state index < -0.39 is 11.7 Å². The first-order valence-corrected chi connectivity index (χ1v) is 9.11. The van der Waals surface area contributed by atoms with Crippen LogP contribution in [0.5, 0.6) is 0 Å². The average Bonchev–Trinajstić information content (AvgIpc) is 2.87. The number of carbonyl (C=O) groups excluding carboxylic acids is 1. The normalized spacial score (nSPS) is 16.7. The van der Waals surface area contributed by atoms with Gasteiger partial charge in [0.2, 0.25) is 11.7 Å². The topological polar surface area (TPSA) is 78.7 Å². The van der Waals surface area contributed by atoms with Gasteiger partial charge in [-0.2, -0.15) is 13.3 Å². The second-order valence-electron chi connectivity index (χ2n) is 7.21. The summed E-state index contributed by atoms with van der Waals surface area (Å²) in [6.07, 6.45) is 0.855. The Bertz CT molecular complexity index is 802. The van der Waals surface area contributed by atoms with Crippen LogP contribution < -0.4 is 10.2 Å². The highest BCUT2D eigenvalue weighted by molar-refractivity contribution is 5.78. The molecule has 0 aromatic carbocycles. The van der Waals surface area contributed by atoms with Gasteiger partial charge in [0.1, 0.15) is 5.82 Å². The number of anilines is 1. The molecule has 10 heteroatoms. The Kier molecular flexibility index (Phi) is 5.54. The van der Waals surface area contributed by atoms with Gasteiger partial charge in [-0.15, -0.1) is 15.3 Å². The lowest BCUT2D eigenvalue weighted by atomic mass is 10.3. The Morgan fingerprint density at radius 3 is 2.70 bits per heavy atom. The van der Waals surface area contributed by atoms with Gasteiger partial charge >= 0.3 is 5.92 Å². The van der Waals surface area contributed by atoms with Crippen LogP contribution in [0.15, 0.2) is 12.1 Å². The molecule has 1 amide bonds. The molecule has 27 heavy (non-hydrogen) atoms. The quantitative estimate of drug-likeness (QED) is 0.841. The van der Waals surface area contributed by atoms with Gasteiger partial charge in [0.25, 0.3) is 0 Å². The molecule has 1 N–H and O–H groups in total. The summed E-state index contributed by atoms with van der Waals surface area (Å²) < 4.78 is 28.5. The third-order valence-electron chi connectivity index (χ3n) is 4.37. The van der Waals surface area contributed by atoms with Crippen LogP contribution in [0.25, 0.3) is 5.65 Å². The number of nitrogens with one attached hydrogen (secondary N) is 1. The maximum Gasteiger partial charge on any atom is 0.305 e. The lowest BCUT2D eigenvalue weighted by molar-refractivity contribution is -0.122. The summed E-state index contributed by atoms with van der Waals surface area (Å²) in [5.74, 6) is -2.98. The highest BCUT2D eigenvalue weighted by atomic mass is 19.3. The van der Waals surface area contributed by atoms with Crippen molar-refractivity contribution in [3.63, 3.8) is 0 Å². The molecule has 3 rings (SSSR count). The van der Waals surface area contributed by atoms with E-state index in [1.54, 1.807) is 12.1 Å². The summed E-state index contributed by atoms with van der Waals surface area (Å²) in [5, 5.41) is 14.6. The van der Waals surface area contributed by atoms with E-state index in [4.69, 9.17) is 0 Å². The molecule has 1 aliphatic rings. The third kappa shape index (κ3) is 4.68. The predicted molar refractivity (Wildman–Crippen MR) is 96.9 cm³/mol. The van der Waals surface area contributed by atoms with E-state index in [0.717, 1.165) is 30.9 Å². The average molecular weight is 381 g/mol. The number of rotatable bonds is 5. The lowest BCUT2D eigenvalue weighted by Gasteiger charge is -2.22. The number of fused-ring (bicyclic) bond motifs is 1. The number of halogens is 2. The molecule has 0 saturated carbocycles. The molecule has 0 unspecified atom stereocenters. The van der Waals surface area contributed by atoms with Gasteiger partial charge in [-0.25, -0.2) is 0 Å². The Morgan fingerprint density at radius 1 is 1.22 bits per heavy atom. The van der Waals surface area contributed by atoms with Gasteiger partial charge in [0.05, 0.1) is 6.54 Å². The zero-order chi connectivity index (χ0) is 19.6. The first-order valence-electron chi connectivity index (χ1n) is 9.11. The zero-order valence-corrected chi connectivity index (χ0v) is 15.8. The number of amides is 1. The van der Waals surface area contributed by atoms with Crippen molar-refractivity contribution in [3.8, 4) is 0 Å². The smallest absolute Gasteiger partial charge is 0.305 e. The third-order valence-corrected chi connectivity index (χ3v) is 4.37. The highest BCUT2D eigenvalue weighted by Gasteiger charge is 2.32. The fourth-order valence-electron chi connectivity index (χ4n) is 3.15. The van der Waals surface area contributed by atoms with Crippen molar-refractivity contribution in [1.29, 1.82) is 0 Å². The highest BCUT2D eigenvalue weighted by Crippen LogP contribution is 2.25. The Morgan fingerprint density at radius 2 is 2.00 bits per heavy atom. The molecule has 1 saturated heterocycles. The van der Waals surface area contributed by atoms with Crippen LogP contribution in [0, 0.1) is 0 Å². The van der Waals surface area contributed by atoms with E-state index in [9.17, 15) is 13.6 Å². The molecule has 8 nitrogen and oxygen atoms in total. The predicted octanol–water partition coefficient (Wildman–Crippen LogP) is 1.27. The van der Waals surface area contributed by atoms with E-state index in [2.05, 4.69) is 25.5 Å². The van der Waals surface area contributed by atoms with Gasteiger partial charge in [-0.1, -0.05) is 0 Å². The van der Waals surface area contributed by atoms with Crippen molar-refractivity contribution >= 4 is 17.4 Å². The second-order valence-corrected chi connectivity index (χ2v) is 7.21. The largest absolute Gasteiger partial charge is 0.354 e. The Balaban J connectivity index is 1.71.